The van der Waals surface area contributed by atoms with Gasteiger partial charge in [0, 0.05) is 20.1 Å². The number of likely N-dealkylation sites (N-methyl/N-ethyl adjacent to an activating group) is 1. The summed E-state index contributed by atoms with van der Waals surface area (Å²) in [7, 11) is 1.80. The average molecular weight is 259 g/mol. The van der Waals surface area contributed by atoms with E-state index in [1.807, 2.05) is 17.0 Å². The van der Waals surface area contributed by atoms with E-state index in [2.05, 4.69) is 0 Å². The predicted molar refractivity (Wildman–Crippen MR) is 66.3 cm³/mol. The molecule has 1 aliphatic heterocycles. The highest BCUT2D eigenvalue weighted by atomic mass is 35.5. The largest absolute Gasteiger partial charge is 0.359 e. The molecular weight excluding hydrogens is 247 g/mol. The molecule has 16 heavy (non-hydrogen) atoms. The molecule has 1 aromatic carbocycles. The maximum atomic E-state index is 11.6. The van der Waals surface area contributed by atoms with Gasteiger partial charge in [0.2, 0.25) is 5.91 Å². The Morgan fingerprint density at radius 1 is 1.25 bits per heavy atom. The molecule has 1 aromatic rings. The zero-order valence-corrected chi connectivity index (χ0v) is 10.4. The first-order chi connectivity index (χ1) is 7.59. The van der Waals surface area contributed by atoms with Crippen LogP contribution in [0.25, 0.3) is 0 Å². The molecule has 1 amide bonds. The van der Waals surface area contributed by atoms with Crippen molar-refractivity contribution in [2.45, 2.75) is 0 Å². The fraction of sp³-hybridized carbons (Fsp3) is 0.364. The first-order valence-electron chi connectivity index (χ1n) is 5.02. The number of halogens is 2. The fourth-order valence-corrected chi connectivity index (χ4v) is 2.12. The molecule has 0 spiro atoms. The third kappa shape index (κ3) is 2.11. The van der Waals surface area contributed by atoms with E-state index < -0.39 is 0 Å². The third-order valence-electron chi connectivity index (χ3n) is 2.73. The number of piperazine rings is 1. The summed E-state index contributed by atoms with van der Waals surface area (Å²) in [4.78, 5) is 15.3. The van der Waals surface area contributed by atoms with Crippen LogP contribution in [0.2, 0.25) is 10.0 Å². The van der Waals surface area contributed by atoms with E-state index >= 15 is 0 Å². The summed E-state index contributed by atoms with van der Waals surface area (Å²) in [5.74, 6) is 0.0993. The van der Waals surface area contributed by atoms with E-state index in [-0.39, 0.29) is 5.91 Å². The second-order valence-corrected chi connectivity index (χ2v) is 4.59. The van der Waals surface area contributed by atoms with Crippen molar-refractivity contribution in [3.63, 3.8) is 0 Å². The zero-order valence-electron chi connectivity index (χ0n) is 8.91. The van der Waals surface area contributed by atoms with Gasteiger partial charge in [-0.15, -0.1) is 0 Å². The van der Waals surface area contributed by atoms with E-state index in [9.17, 15) is 4.79 Å². The smallest absolute Gasteiger partial charge is 0.241 e. The van der Waals surface area contributed by atoms with Gasteiger partial charge in [0.15, 0.2) is 0 Å². The van der Waals surface area contributed by atoms with Crippen molar-refractivity contribution in [3.05, 3.63) is 28.2 Å². The predicted octanol–water partition coefficient (Wildman–Crippen LogP) is 2.27. The van der Waals surface area contributed by atoms with Crippen LogP contribution in [0.1, 0.15) is 0 Å². The molecule has 0 bridgehead atoms. The van der Waals surface area contributed by atoms with Crippen molar-refractivity contribution in [2.24, 2.45) is 0 Å². The maximum Gasteiger partial charge on any atom is 0.241 e. The normalized spacial score (nSPS) is 16.8. The van der Waals surface area contributed by atoms with Gasteiger partial charge in [-0.25, -0.2) is 0 Å². The molecule has 0 atom stereocenters. The summed E-state index contributed by atoms with van der Waals surface area (Å²) in [5.41, 5.74) is 0.829. The van der Waals surface area contributed by atoms with Gasteiger partial charge in [-0.2, -0.15) is 0 Å². The zero-order chi connectivity index (χ0) is 11.7. The Morgan fingerprint density at radius 2 is 2.00 bits per heavy atom. The van der Waals surface area contributed by atoms with Crippen molar-refractivity contribution < 1.29 is 4.79 Å². The topological polar surface area (TPSA) is 23.6 Å². The SMILES string of the molecule is CN1CCN(c2cccc(Cl)c2Cl)CC1=O. The van der Waals surface area contributed by atoms with Crippen LogP contribution < -0.4 is 4.90 Å². The highest BCUT2D eigenvalue weighted by Crippen LogP contribution is 2.32. The number of carbonyl (C=O) groups is 1. The third-order valence-corrected chi connectivity index (χ3v) is 3.54. The molecule has 5 heteroatoms. The molecule has 0 saturated carbocycles. The van der Waals surface area contributed by atoms with Crippen molar-refractivity contribution in [1.29, 1.82) is 0 Å². The van der Waals surface area contributed by atoms with Gasteiger partial charge in [-0.05, 0) is 12.1 Å². The molecule has 86 valence electrons. The summed E-state index contributed by atoms with van der Waals surface area (Å²) in [5, 5.41) is 1.03. The minimum absolute atomic E-state index is 0.0993. The molecule has 1 fully saturated rings. The van der Waals surface area contributed by atoms with Crippen LogP contribution >= 0.6 is 23.2 Å². The Morgan fingerprint density at radius 3 is 2.69 bits per heavy atom. The Balaban J connectivity index is 2.25. The van der Waals surface area contributed by atoms with Crippen molar-refractivity contribution >= 4 is 34.8 Å². The first kappa shape index (κ1) is 11.6. The Bertz CT molecular complexity index is 422. The quantitative estimate of drug-likeness (QED) is 0.772. The molecule has 1 heterocycles. The molecule has 1 saturated heterocycles. The van der Waals surface area contributed by atoms with E-state index in [0.717, 1.165) is 12.2 Å². The molecule has 0 aromatic heterocycles. The molecule has 0 radical (unpaired) electrons. The second kappa shape index (κ2) is 4.52. The van der Waals surface area contributed by atoms with Gasteiger partial charge in [0.1, 0.15) is 0 Å². The molecule has 0 unspecified atom stereocenters. The first-order valence-corrected chi connectivity index (χ1v) is 5.78. The standard InChI is InChI=1S/C11H12Cl2N2O/c1-14-5-6-15(7-10(14)16)9-4-2-3-8(12)11(9)13/h2-4H,5-7H2,1H3. The number of hydrogen-bond acceptors (Lipinski definition) is 2. The number of rotatable bonds is 1. The molecule has 0 N–H and O–H groups in total. The lowest BCUT2D eigenvalue weighted by Crippen LogP contribution is -2.48. The number of carbonyl (C=O) groups excluding carboxylic acids is 1. The van der Waals surface area contributed by atoms with E-state index in [4.69, 9.17) is 23.2 Å². The van der Waals surface area contributed by atoms with Gasteiger partial charge in [0.05, 0.1) is 22.3 Å². The van der Waals surface area contributed by atoms with Crippen LogP contribution in [0, 0.1) is 0 Å². The van der Waals surface area contributed by atoms with Gasteiger partial charge >= 0.3 is 0 Å². The summed E-state index contributed by atoms with van der Waals surface area (Å²) in [6, 6.07) is 5.46. The van der Waals surface area contributed by atoms with Crippen LogP contribution in [0.4, 0.5) is 5.69 Å². The molecule has 3 nitrogen and oxygen atoms in total. The summed E-state index contributed by atoms with van der Waals surface area (Å²) >= 11 is 12.1. The highest BCUT2D eigenvalue weighted by molar-refractivity contribution is 6.43. The molecule has 2 rings (SSSR count). The highest BCUT2D eigenvalue weighted by Gasteiger charge is 2.22. The Hall–Kier alpha value is -0.930. The van der Waals surface area contributed by atoms with Crippen LogP contribution in [-0.2, 0) is 4.79 Å². The van der Waals surface area contributed by atoms with Crippen LogP contribution in [0.5, 0.6) is 0 Å². The van der Waals surface area contributed by atoms with Crippen molar-refractivity contribution in [2.75, 3.05) is 31.6 Å². The van der Waals surface area contributed by atoms with Crippen molar-refractivity contribution in [3.8, 4) is 0 Å². The maximum absolute atomic E-state index is 11.6. The van der Waals surface area contributed by atoms with E-state index in [0.29, 0.717) is 23.1 Å². The fourth-order valence-electron chi connectivity index (χ4n) is 1.70. The summed E-state index contributed by atoms with van der Waals surface area (Å²) < 4.78 is 0. The molecule has 1 aliphatic rings. The Labute approximate surface area is 105 Å². The molecular formula is C11H12Cl2N2O. The van der Waals surface area contributed by atoms with E-state index in [1.165, 1.54) is 0 Å². The lowest BCUT2D eigenvalue weighted by Gasteiger charge is -2.34. The van der Waals surface area contributed by atoms with E-state index in [1.54, 1.807) is 18.0 Å². The minimum atomic E-state index is 0.0993. The van der Waals surface area contributed by atoms with Gasteiger partial charge < -0.3 is 9.80 Å². The number of nitrogens with zero attached hydrogens (tertiary/aromatic N) is 2. The lowest BCUT2D eigenvalue weighted by molar-refractivity contribution is -0.129. The number of benzene rings is 1. The van der Waals surface area contributed by atoms with Crippen LogP contribution in [-0.4, -0.2) is 37.5 Å². The number of hydrogen-bond donors (Lipinski definition) is 0. The van der Waals surface area contributed by atoms with Gasteiger partial charge in [-0.3, -0.25) is 4.79 Å². The Kier molecular flexibility index (Phi) is 3.26. The van der Waals surface area contributed by atoms with Gasteiger partial charge in [-0.1, -0.05) is 29.3 Å². The van der Waals surface area contributed by atoms with Gasteiger partial charge in [0.25, 0.3) is 0 Å². The monoisotopic (exact) mass is 258 g/mol. The van der Waals surface area contributed by atoms with Crippen molar-refractivity contribution in [1.82, 2.24) is 4.90 Å². The number of amides is 1. The molecule has 0 aliphatic carbocycles. The summed E-state index contributed by atoms with van der Waals surface area (Å²) in [6.07, 6.45) is 0. The number of anilines is 1. The lowest BCUT2D eigenvalue weighted by atomic mass is 10.2. The van der Waals surface area contributed by atoms with Crippen LogP contribution in [0.15, 0.2) is 18.2 Å². The summed E-state index contributed by atoms with van der Waals surface area (Å²) in [6.45, 7) is 1.85. The average Bonchev–Trinajstić information content (AvgIpc) is 2.26. The van der Waals surface area contributed by atoms with Crippen LogP contribution in [0.3, 0.4) is 0 Å². The second-order valence-electron chi connectivity index (χ2n) is 3.81. The minimum Gasteiger partial charge on any atom is -0.359 e.